The molecule has 1 N–H and O–H groups in total. The van der Waals surface area contributed by atoms with Crippen LogP contribution in [0.4, 0.5) is 0 Å². The quantitative estimate of drug-likeness (QED) is 0.779. The van der Waals surface area contributed by atoms with Crippen LogP contribution in [-0.4, -0.2) is 11.8 Å². The number of halogens is 1. The lowest BCUT2D eigenvalue weighted by atomic mass is 10.4. The van der Waals surface area contributed by atoms with E-state index in [2.05, 4.69) is 18.3 Å². The monoisotopic (exact) mass is 219 g/mol. The Labute approximate surface area is 85.5 Å². The molecule has 0 radical (unpaired) electrons. The highest BCUT2D eigenvalue weighted by molar-refractivity contribution is 7.99. The lowest BCUT2D eigenvalue weighted by molar-refractivity contribution is 0.623. The normalized spacial score (nSPS) is 29.5. The number of thiophene rings is 1. The van der Waals surface area contributed by atoms with Gasteiger partial charge in [0.1, 0.15) is 0 Å². The van der Waals surface area contributed by atoms with Crippen molar-refractivity contribution in [3.05, 3.63) is 21.3 Å². The second-order valence-corrected chi connectivity index (χ2v) is 5.81. The Morgan fingerprint density at radius 3 is 2.92 bits per heavy atom. The second kappa shape index (κ2) is 3.58. The number of hydrogen-bond donors (Lipinski definition) is 1. The summed E-state index contributed by atoms with van der Waals surface area (Å²) in [5, 5.41) is 3.97. The van der Waals surface area contributed by atoms with Gasteiger partial charge in [0, 0.05) is 16.7 Å². The second-order valence-electron chi connectivity index (χ2n) is 2.92. The highest BCUT2D eigenvalue weighted by Crippen LogP contribution is 2.37. The Morgan fingerprint density at radius 2 is 2.42 bits per heavy atom. The number of rotatable bonds is 1. The maximum absolute atomic E-state index is 5.86. The van der Waals surface area contributed by atoms with Crippen molar-refractivity contribution in [1.29, 1.82) is 0 Å². The van der Waals surface area contributed by atoms with Crippen molar-refractivity contribution in [2.24, 2.45) is 0 Å². The van der Waals surface area contributed by atoms with Crippen LogP contribution in [0.1, 0.15) is 17.2 Å². The van der Waals surface area contributed by atoms with Gasteiger partial charge in [-0.15, -0.1) is 23.1 Å². The van der Waals surface area contributed by atoms with Gasteiger partial charge in [-0.25, -0.2) is 0 Å². The summed E-state index contributed by atoms with van der Waals surface area (Å²) in [6.45, 7) is 2.21. The predicted octanol–water partition coefficient (Wildman–Crippen LogP) is 3.13. The summed E-state index contributed by atoms with van der Waals surface area (Å²) in [6.07, 6.45) is 0. The zero-order valence-electron chi connectivity index (χ0n) is 6.71. The Bertz CT molecular complexity index is 274. The molecule has 0 aromatic carbocycles. The molecule has 1 nitrogen and oxygen atoms in total. The van der Waals surface area contributed by atoms with Crippen LogP contribution in [0.3, 0.4) is 0 Å². The SMILES string of the molecule is CC1CSC(c2ccc(Cl)s2)N1. The summed E-state index contributed by atoms with van der Waals surface area (Å²) in [5.74, 6) is 1.19. The molecule has 1 aromatic rings. The van der Waals surface area contributed by atoms with Gasteiger partial charge in [-0.05, 0) is 19.1 Å². The van der Waals surface area contributed by atoms with Crippen molar-refractivity contribution in [2.45, 2.75) is 18.3 Å². The molecular formula is C8H10ClNS2. The molecule has 2 rings (SSSR count). The molecule has 1 aliphatic rings. The van der Waals surface area contributed by atoms with Gasteiger partial charge in [0.15, 0.2) is 0 Å². The Morgan fingerprint density at radius 1 is 1.58 bits per heavy atom. The molecule has 4 heteroatoms. The summed E-state index contributed by atoms with van der Waals surface area (Å²) < 4.78 is 0.881. The fourth-order valence-electron chi connectivity index (χ4n) is 1.23. The van der Waals surface area contributed by atoms with Crippen molar-refractivity contribution in [3.8, 4) is 0 Å². The lowest BCUT2D eigenvalue weighted by Gasteiger charge is -2.06. The van der Waals surface area contributed by atoms with E-state index in [1.54, 1.807) is 11.3 Å². The Kier molecular flexibility index (Phi) is 2.65. The van der Waals surface area contributed by atoms with Crippen molar-refractivity contribution in [3.63, 3.8) is 0 Å². The standard InChI is InChI=1S/C8H10ClNS2/c1-5-4-11-8(10-5)6-2-3-7(9)12-6/h2-3,5,8,10H,4H2,1H3. The third-order valence-corrected chi connectivity index (χ3v) is 4.66. The maximum Gasteiger partial charge on any atom is 0.0932 e. The van der Waals surface area contributed by atoms with E-state index < -0.39 is 0 Å². The third kappa shape index (κ3) is 1.79. The molecule has 2 unspecified atom stereocenters. The minimum atomic E-state index is 0.470. The van der Waals surface area contributed by atoms with Crippen molar-refractivity contribution >= 4 is 34.7 Å². The molecular weight excluding hydrogens is 210 g/mol. The third-order valence-electron chi connectivity index (χ3n) is 1.80. The van der Waals surface area contributed by atoms with Crippen LogP contribution in [0.15, 0.2) is 12.1 Å². The zero-order valence-corrected chi connectivity index (χ0v) is 9.10. The molecule has 0 amide bonds. The van der Waals surface area contributed by atoms with Crippen LogP contribution in [0, 0.1) is 0 Å². The molecule has 0 spiro atoms. The Balaban J connectivity index is 2.11. The molecule has 1 saturated heterocycles. The van der Waals surface area contributed by atoms with Gasteiger partial charge in [0.25, 0.3) is 0 Å². The molecule has 12 heavy (non-hydrogen) atoms. The van der Waals surface area contributed by atoms with Crippen LogP contribution >= 0.6 is 34.7 Å². The first-order valence-electron chi connectivity index (χ1n) is 3.88. The van der Waals surface area contributed by atoms with Gasteiger partial charge in [0.05, 0.1) is 9.71 Å². The summed E-state index contributed by atoms with van der Waals surface area (Å²) in [6, 6.07) is 4.70. The predicted molar refractivity (Wildman–Crippen MR) is 57.1 cm³/mol. The van der Waals surface area contributed by atoms with E-state index in [-0.39, 0.29) is 0 Å². The summed E-state index contributed by atoms with van der Waals surface area (Å²) >= 11 is 9.48. The fourth-order valence-corrected chi connectivity index (χ4v) is 3.73. The van der Waals surface area contributed by atoms with Crippen molar-refractivity contribution < 1.29 is 0 Å². The molecule has 1 fully saturated rings. The number of nitrogens with one attached hydrogen (secondary N) is 1. The Hall–Kier alpha value is 0.300. The molecule has 2 heterocycles. The molecule has 66 valence electrons. The maximum atomic E-state index is 5.86. The van der Waals surface area contributed by atoms with Gasteiger partial charge < -0.3 is 0 Å². The average molecular weight is 220 g/mol. The first-order chi connectivity index (χ1) is 5.75. The van der Waals surface area contributed by atoms with E-state index in [9.17, 15) is 0 Å². The van der Waals surface area contributed by atoms with Crippen LogP contribution in [-0.2, 0) is 0 Å². The van der Waals surface area contributed by atoms with E-state index in [1.807, 2.05) is 17.8 Å². The smallest absolute Gasteiger partial charge is 0.0932 e. The van der Waals surface area contributed by atoms with Crippen LogP contribution in [0.2, 0.25) is 4.34 Å². The van der Waals surface area contributed by atoms with Crippen LogP contribution in [0.25, 0.3) is 0 Å². The number of thioether (sulfide) groups is 1. The van der Waals surface area contributed by atoms with Gasteiger partial charge in [-0.2, -0.15) is 0 Å². The van der Waals surface area contributed by atoms with E-state index in [1.165, 1.54) is 10.6 Å². The molecule has 2 atom stereocenters. The highest BCUT2D eigenvalue weighted by atomic mass is 35.5. The van der Waals surface area contributed by atoms with Gasteiger partial charge in [-0.3, -0.25) is 5.32 Å². The van der Waals surface area contributed by atoms with Gasteiger partial charge in [0.2, 0.25) is 0 Å². The van der Waals surface area contributed by atoms with Crippen LogP contribution < -0.4 is 5.32 Å². The molecule has 0 saturated carbocycles. The zero-order chi connectivity index (χ0) is 8.55. The number of hydrogen-bond acceptors (Lipinski definition) is 3. The van der Waals surface area contributed by atoms with Crippen molar-refractivity contribution in [2.75, 3.05) is 5.75 Å². The highest BCUT2D eigenvalue weighted by Gasteiger charge is 2.23. The fraction of sp³-hybridized carbons (Fsp3) is 0.500. The topological polar surface area (TPSA) is 12.0 Å². The first-order valence-corrected chi connectivity index (χ1v) is 6.13. The minimum absolute atomic E-state index is 0.470. The molecule has 0 bridgehead atoms. The first kappa shape index (κ1) is 8.88. The summed E-state index contributed by atoms with van der Waals surface area (Å²) in [7, 11) is 0. The molecule has 1 aliphatic heterocycles. The van der Waals surface area contributed by atoms with Crippen molar-refractivity contribution in [1.82, 2.24) is 5.32 Å². The summed E-state index contributed by atoms with van der Waals surface area (Å²) in [5.41, 5.74) is 0. The van der Waals surface area contributed by atoms with E-state index in [4.69, 9.17) is 11.6 Å². The van der Waals surface area contributed by atoms with E-state index >= 15 is 0 Å². The van der Waals surface area contributed by atoms with Crippen LogP contribution in [0.5, 0.6) is 0 Å². The van der Waals surface area contributed by atoms with Gasteiger partial charge >= 0.3 is 0 Å². The summed E-state index contributed by atoms with van der Waals surface area (Å²) in [4.78, 5) is 1.34. The minimum Gasteiger partial charge on any atom is -0.298 e. The largest absolute Gasteiger partial charge is 0.298 e. The molecule has 1 aromatic heterocycles. The molecule has 0 aliphatic carbocycles. The lowest BCUT2D eigenvalue weighted by Crippen LogP contribution is -2.21. The van der Waals surface area contributed by atoms with E-state index in [0.717, 1.165) is 4.34 Å². The van der Waals surface area contributed by atoms with Gasteiger partial charge in [-0.1, -0.05) is 11.6 Å². The van der Waals surface area contributed by atoms with E-state index in [0.29, 0.717) is 11.4 Å². The average Bonchev–Trinajstić information content (AvgIpc) is 2.58.